The molecule has 1 aromatic carbocycles. The van der Waals surface area contributed by atoms with Crippen LogP contribution < -0.4 is 0 Å². The summed E-state index contributed by atoms with van der Waals surface area (Å²) in [5, 5.41) is 0. The van der Waals surface area contributed by atoms with Crippen LogP contribution in [-0.2, 0) is 11.2 Å². The van der Waals surface area contributed by atoms with Gasteiger partial charge in [0.25, 0.3) is 0 Å². The van der Waals surface area contributed by atoms with Crippen LogP contribution in [0.5, 0.6) is 0 Å². The summed E-state index contributed by atoms with van der Waals surface area (Å²) >= 11 is 0. The monoisotopic (exact) mass is 233 g/mol. The molecule has 0 aromatic heterocycles. The third kappa shape index (κ3) is 3.97. The van der Waals surface area contributed by atoms with E-state index in [2.05, 4.69) is 12.1 Å². The summed E-state index contributed by atoms with van der Waals surface area (Å²) in [7, 11) is 3.91. The van der Waals surface area contributed by atoms with E-state index in [1.54, 1.807) is 0 Å². The van der Waals surface area contributed by atoms with Crippen molar-refractivity contribution in [2.45, 2.75) is 38.6 Å². The van der Waals surface area contributed by atoms with E-state index in [4.69, 9.17) is 0 Å². The molecule has 0 unspecified atom stereocenters. The smallest absolute Gasteiger partial charge is 0.152 e. The molecule has 0 fully saturated rings. The van der Waals surface area contributed by atoms with Gasteiger partial charge in [0.15, 0.2) is 5.78 Å². The lowest BCUT2D eigenvalue weighted by Crippen LogP contribution is -2.45. The van der Waals surface area contributed by atoms with Crippen molar-refractivity contribution in [1.29, 1.82) is 0 Å². The second-order valence-corrected chi connectivity index (χ2v) is 5.22. The zero-order valence-corrected chi connectivity index (χ0v) is 11.4. The van der Waals surface area contributed by atoms with Gasteiger partial charge in [0.05, 0.1) is 5.54 Å². The van der Waals surface area contributed by atoms with Crippen LogP contribution in [0.2, 0.25) is 0 Å². The van der Waals surface area contributed by atoms with Gasteiger partial charge in [-0.3, -0.25) is 9.69 Å². The summed E-state index contributed by atoms with van der Waals surface area (Å²) in [6.07, 6.45) is 2.57. The molecule has 0 amide bonds. The number of hydrogen-bond acceptors (Lipinski definition) is 2. The Balaban J connectivity index is 2.40. The molecule has 0 heterocycles. The fraction of sp³-hybridized carbons (Fsp3) is 0.533. The molecule has 0 aliphatic carbocycles. The van der Waals surface area contributed by atoms with Crippen molar-refractivity contribution in [2.24, 2.45) is 0 Å². The van der Waals surface area contributed by atoms with Gasteiger partial charge < -0.3 is 0 Å². The summed E-state index contributed by atoms with van der Waals surface area (Å²) in [5.41, 5.74) is 0.958. The van der Waals surface area contributed by atoms with Gasteiger partial charge in [-0.25, -0.2) is 0 Å². The quantitative estimate of drug-likeness (QED) is 0.753. The maximum atomic E-state index is 12.1. The summed E-state index contributed by atoms with van der Waals surface area (Å²) in [6.45, 7) is 3.97. The Morgan fingerprint density at radius 3 is 2.29 bits per heavy atom. The molecule has 17 heavy (non-hydrogen) atoms. The van der Waals surface area contributed by atoms with Crippen LogP contribution in [-0.4, -0.2) is 30.3 Å². The molecule has 1 aromatic rings. The normalized spacial score (nSPS) is 11.8. The van der Waals surface area contributed by atoms with Crippen molar-refractivity contribution >= 4 is 5.78 Å². The molecule has 2 nitrogen and oxygen atoms in total. The molecule has 94 valence electrons. The predicted molar refractivity (Wildman–Crippen MR) is 72.2 cm³/mol. The number of carbonyl (C=O) groups excluding carboxylic acids is 1. The number of hydrogen-bond donors (Lipinski definition) is 0. The number of aryl methyl sites for hydroxylation is 1. The molecule has 0 atom stereocenters. The topological polar surface area (TPSA) is 20.3 Å². The Labute approximate surface area is 105 Å². The van der Waals surface area contributed by atoms with Crippen LogP contribution >= 0.6 is 0 Å². The largest absolute Gasteiger partial charge is 0.298 e. The highest BCUT2D eigenvalue weighted by molar-refractivity contribution is 5.87. The van der Waals surface area contributed by atoms with Crippen LogP contribution in [0.3, 0.4) is 0 Å². The first-order valence-corrected chi connectivity index (χ1v) is 6.19. The SMILES string of the molecule is CN(C)C(C)(C)C(=O)CCCc1ccccc1. The minimum atomic E-state index is -0.351. The molecule has 0 aliphatic heterocycles. The number of carbonyl (C=O) groups is 1. The fourth-order valence-electron chi connectivity index (χ4n) is 1.65. The third-order valence-electron chi connectivity index (χ3n) is 3.51. The van der Waals surface area contributed by atoms with Crippen molar-refractivity contribution in [3.05, 3.63) is 35.9 Å². The molecular formula is C15H23NO. The molecule has 0 N–H and O–H groups in total. The lowest BCUT2D eigenvalue weighted by Gasteiger charge is -2.30. The van der Waals surface area contributed by atoms with Crippen LogP contribution in [0, 0.1) is 0 Å². The van der Waals surface area contributed by atoms with Crippen molar-refractivity contribution in [1.82, 2.24) is 4.90 Å². The number of likely N-dealkylation sites (N-methyl/N-ethyl adjacent to an activating group) is 1. The molecule has 0 aliphatic rings. The standard InChI is InChI=1S/C15H23NO/c1-15(2,16(3)4)14(17)12-8-11-13-9-6-5-7-10-13/h5-7,9-10H,8,11-12H2,1-4H3. The zero-order valence-electron chi connectivity index (χ0n) is 11.4. The van der Waals surface area contributed by atoms with E-state index in [1.165, 1.54) is 5.56 Å². The van der Waals surface area contributed by atoms with Gasteiger partial charge in [-0.05, 0) is 46.3 Å². The van der Waals surface area contributed by atoms with Gasteiger partial charge >= 0.3 is 0 Å². The molecule has 0 bridgehead atoms. The molecule has 0 saturated heterocycles. The average Bonchev–Trinajstić information content (AvgIpc) is 2.30. The van der Waals surface area contributed by atoms with Crippen molar-refractivity contribution in [2.75, 3.05) is 14.1 Å². The highest BCUT2D eigenvalue weighted by Crippen LogP contribution is 2.16. The van der Waals surface area contributed by atoms with E-state index >= 15 is 0 Å². The first-order chi connectivity index (χ1) is 7.94. The molecular weight excluding hydrogens is 210 g/mol. The number of Topliss-reactive ketones (excluding diaryl/α,β-unsaturated/α-hetero) is 1. The summed E-state index contributed by atoms with van der Waals surface area (Å²) in [6, 6.07) is 10.3. The number of ketones is 1. The van der Waals surface area contributed by atoms with Gasteiger partial charge in [-0.15, -0.1) is 0 Å². The van der Waals surface area contributed by atoms with Gasteiger partial charge in [0, 0.05) is 6.42 Å². The highest BCUT2D eigenvalue weighted by Gasteiger charge is 2.28. The van der Waals surface area contributed by atoms with E-state index in [-0.39, 0.29) is 5.54 Å². The average molecular weight is 233 g/mol. The Morgan fingerprint density at radius 2 is 1.76 bits per heavy atom. The molecule has 2 heteroatoms. The maximum absolute atomic E-state index is 12.1. The lowest BCUT2D eigenvalue weighted by atomic mass is 9.93. The maximum Gasteiger partial charge on any atom is 0.152 e. The summed E-state index contributed by atoms with van der Waals surface area (Å²) in [5.74, 6) is 0.318. The molecule has 0 saturated carbocycles. The van der Waals surface area contributed by atoms with Gasteiger partial charge in [-0.1, -0.05) is 30.3 Å². The van der Waals surface area contributed by atoms with Crippen LogP contribution in [0.15, 0.2) is 30.3 Å². The molecule has 0 radical (unpaired) electrons. The van der Waals surface area contributed by atoms with Gasteiger partial charge in [0.2, 0.25) is 0 Å². The van der Waals surface area contributed by atoms with Crippen molar-refractivity contribution < 1.29 is 4.79 Å². The van der Waals surface area contributed by atoms with E-state index in [1.807, 2.05) is 51.0 Å². The second kappa shape index (κ2) is 5.97. The molecule has 0 spiro atoms. The van der Waals surface area contributed by atoms with Gasteiger partial charge in [0.1, 0.15) is 0 Å². The Kier molecular flexibility index (Phi) is 4.88. The Hall–Kier alpha value is -1.15. The summed E-state index contributed by atoms with van der Waals surface area (Å²) in [4.78, 5) is 14.0. The number of rotatable bonds is 6. The zero-order chi connectivity index (χ0) is 12.9. The van der Waals surface area contributed by atoms with Gasteiger partial charge in [-0.2, -0.15) is 0 Å². The van der Waals surface area contributed by atoms with Crippen LogP contribution in [0.25, 0.3) is 0 Å². The highest BCUT2D eigenvalue weighted by atomic mass is 16.1. The first-order valence-electron chi connectivity index (χ1n) is 6.19. The van der Waals surface area contributed by atoms with Crippen molar-refractivity contribution in [3.63, 3.8) is 0 Å². The minimum absolute atomic E-state index is 0.318. The third-order valence-corrected chi connectivity index (χ3v) is 3.51. The van der Waals surface area contributed by atoms with Crippen LogP contribution in [0.4, 0.5) is 0 Å². The fourth-order valence-corrected chi connectivity index (χ4v) is 1.65. The second-order valence-electron chi connectivity index (χ2n) is 5.22. The van der Waals surface area contributed by atoms with E-state index in [0.29, 0.717) is 12.2 Å². The predicted octanol–water partition coefficient (Wildman–Crippen LogP) is 2.92. The van der Waals surface area contributed by atoms with E-state index in [0.717, 1.165) is 12.8 Å². The Morgan fingerprint density at radius 1 is 1.18 bits per heavy atom. The first kappa shape index (κ1) is 13.9. The Bertz CT molecular complexity index is 354. The molecule has 1 rings (SSSR count). The van der Waals surface area contributed by atoms with Crippen molar-refractivity contribution in [3.8, 4) is 0 Å². The lowest BCUT2D eigenvalue weighted by molar-refractivity contribution is -0.128. The number of benzene rings is 1. The number of nitrogens with zero attached hydrogens (tertiary/aromatic N) is 1. The van der Waals surface area contributed by atoms with Crippen LogP contribution in [0.1, 0.15) is 32.3 Å². The minimum Gasteiger partial charge on any atom is -0.298 e. The summed E-state index contributed by atoms with van der Waals surface area (Å²) < 4.78 is 0. The van der Waals surface area contributed by atoms with E-state index < -0.39 is 0 Å². The van der Waals surface area contributed by atoms with E-state index in [9.17, 15) is 4.79 Å².